The standard InChI is InChI=1S/C19H32N6O9/c1-8(2)5-12(19(33)34)25-18(32)11(7-15(28)29)24-17(31)10(6-14(22)27)23-16(30)9(20)3-4-13(21)26/h8-12H,3-7,20H2,1-2H3,(H2,21,26)(H2,22,27)(H,23,30)(H,24,31)(H,25,32)(H,28,29)(H,33,34). The molecule has 11 N–H and O–H groups in total. The van der Waals surface area contributed by atoms with Gasteiger partial charge in [0, 0.05) is 6.42 Å². The smallest absolute Gasteiger partial charge is 0.326 e. The minimum atomic E-state index is -1.73. The number of carbonyl (C=O) groups excluding carboxylic acids is 5. The Morgan fingerprint density at radius 3 is 1.62 bits per heavy atom. The van der Waals surface area contributed by atoms with Gasteiger partial charge < -0.3 is 43.4 Å². The third-order valence-electron chi connectivity index (χ3n) is 4.41. The normalized spacial score (nSPS) is 14.2. The first-order chi connectivity index (χ1) is 15.6. The highest BCUT2D eigenvalue weighted by molar-refractivity contribution is 5.97. The number of carbonyl (C=O) groups is 7. The molecular weight excluding hydrogens is 456 g/mol. The fourth-order valence-corrected chi connectivity index (χ4v) is 2.74. The minimum absolute atomic E-state index is 0.0400. The second kappa shape index (κ2) is 14.4. The second-order valence-corrected chi connectivity index (χ2v) is 8.03. The van der Waals surface area contributed by atoms with Gasteiger partial charge in [-0.05, 0) is 18.8 Å². The van der Waals surface area contributed by atoms with Crippen LogP contribution in [0.4, 0.5) is 0 Å². The maximum Gasteiger partial charge on any atom is 0.326 e. The van der Waals surface area contributed by atoms with E-state index in [0.717, 1.165) is 0 Å². The predicted molar refractivity (Wildman–Crippen MR) is 115 cm³/mol. The molecule has 0 rings (SSSR count). The fraction of sp³-hybridized carbons (Fsp3) is 0.632. The summed E-state index contributed by atoms with van der Waals surface area (Å²) in [5.74, 6) is -7.83. The Balaban J connectivity index is 5.52. The Morgan fingerprint density at radius 1 is 0.735 bits per heavy atom. The number of nitrogens with one attached hydrogen (secondary N) is 3. The summed E-state index contributed by atoms with van der Waals surface area (Å²) in [6, 6.07) is -5.96. The van der Waals surface area contributed by atoms with Gasteiger partial charge in [0.25, 0.3) is 0 Å². The van der Waals surface area contributed by atoms with Crippen molar-refractivity contribution in [3.8, 4) is 0 Å². The highest BCUT2D eigenvalue weighted by Crippen LogP contribution is 2.07. The summed E-state index contributed by atoms with van der Waals surface area (Å²) in [6.45, 7) is 3.42. The topological polar surface area (TPSA) is 274 Å². The van der Waals surface area contributed by atoms with Crippen LogP contribution in [0.15, 0.2) is 0 Å². The van der Waals surface area contributed by atoms with Crippen molar-refractivity contribution in [2.45, 2.75) is 70.1 Å². The largest absolute Gasteiger partial charge is 0.481 e. The van der Waals surface area contributed by atoms with E-state index in [2.05, 4.69) is 16.0 Å². The van der Waals surface area contributed by atoms with Crippen molar-refractivity contribution < 1.29 is 43.8 Å². The fourth-order valence-electron chi connectivity index (χ4n) is 2.74. The van der Waals surface area contributed by atoms with Crippen LogP contribution in [0, 0.1) is 5.92 Å². The van der Waals surface area contributed by atoms with E-state index < -0.39 is 78.5 Å². The first-order valence-electron chi connectivity index (χ1n) is 10.3. The third kappa shape index (κ3) is 12.3. The Morgan fingerprint density at radius 2 is 1.21 bits per heavy atom. The number of carboxylic acid groups (broad SMARTS) is 2. The molecule has 0 fully saturated rings. The molecule has 4 unspecified atom stereocenters. The summed E-state index contributed by atoms with van der Waals surface area (Å²) < 4.78 is 0. The van der Waals surface area contributed by atoms with E-state index in [4.69, 9.17) is 22.3 Å². The minimum Gasteiger partial charge on any atom is -0.481 e. The van der Waals surface area contributed by atoms with Gasteiger partial charge in [-0.2, -0.15) is 0 Å². The molecule has 0 aliphatic carbocycles. The Bertz CT molecular complexity index is 801. The van der Waals surface area contributed by atoms with Crippen molar-refractivity contribution in [1.29, 1.82) is 0 Å². The average molecular weight is 488 g/mol. The van der Waals surface area contributed by atoms with Crippen molar-refractivity contribution >= 4 is 41.5 Å². The van der Waals surface area contributed by atoms with Gasteiger partial charge in [0.15, 0.2) is 0 Å². The van der Waals surface area contributed by atoms with Crippen LogP contribution in [0.5, 0.6) is 0 Å². The van der Waals surface area contributed by atoms with Crippen molar-refractivity contribution in [2.75, 3.05) is 0 Å². The number of aliphatic carboxylic acids is 2. The van der Waals surface area contributed by atoms with Gasteiger partial charge in [0.1, 0.15) is 18.1 Å². The van der Waals surface area contributed by atoms with Crippen LogP contribution in [0.3, 0.4) is 0 Å². The number of hydrogen-bond acceptors (Lipinski definition) is 8. The van der Waals surface area contributed by atoms with E-state index in [9.17, 15) is 38.7 Å². The average Bonchev–Trinajstić information content (AvgIpc) is 2.68. The maximum atomic E-state index is 12.7. The van der Waals surface area contributed by atoms with Crippen LogP contribution in [-0.4, -0.2) is 75.9 Å². The number of carboxylic acids is 2. The Kier molecular flexibility index (Phi) is 12.8. The SMILES string of the molecule is CC(C)CC(NC(=O)C(CC(=O)O)NC(=O)C(CC(N)=O)NC(=O)C(N)CCC(N)=O)C(=O)O. The van der Waals surface area contributed by atoms with Gasteiger partial charge in [-0.15, -0.1) is 0 Å². The molecule has 0 aromatic rings. The van der Waals surface area contributed by atoms with Gasteiger partial charge in [0.2, 0.25) is 29.5 Å². The maximum absolute atomic E-state index is 12.7. The molecule has 15 nitrogen and oxygen atoms in total. The Hall–Kier alpha value is -3.75. The van der Waals surface area contributed by atoms with Crippen LogP contribution in [0.1, 0.15) is 46.0 Å². The highest BCUT2D eigenvalue weighted by atomic mass is 16.4. The molecule has 0 aliphatic rings. The number of amides is 5. The molecule has 15 heteroatoms. The van der Waals surface area contributed by atoms with E-state index in [1.807, 2.05) is 0 Å². The molecule has 4 atom stereocenters. The molecule has 0 aromatic carbocycles. The lowest BCUT2D eigenvalue weighted by molar-refractivity contribution is -0.144. The lowest BCUT2D eigenvalue weighted by Gasteiger charge is -2.24. The van der Waals surface area contributed by atoms with Crippen LogP contribution >= 0.6 is 0 Å². The second-order valence-electron chi connectivity index (χ2n) is 8.03. The summed E-state index contributed by atoms with van der Waals surface area (Å²) in [5, 5.41) is 24.8. The van der Waals surface area contributed by atoms with Crippen molar-refractivity contribution in [3.63, 3.8) is 0 Å². The zero-order valence-corrected chi connectivity index (χ0v) is 18.9. The first kappa shape index (κ1) is 30.2. The predicted octanol–water partition coefficient (Wildman–Crippen LogP) is -3.49. The van der Waals surface area contributed by atoms with Gasteiger partial charge in [-0.25, -0.2) is 4.79 Å². The van der Waals surface area contributed by atoms with Crippen LogP contribution in [0.2, 0.25) is 0 Å². The summed E-state index contributed by atoms with van der Waals surface area (Å²) in [4.78, 5) is 82.2. The molecule has 0 spiro atoms. The van der Waals surface area contributed by atoms with E-state index in [1.54, 1.807) is 13.8 Å². The quantitative estimate of drug-likeness (QED) is 0.106. The van der Waals surface area contributed by atoms with Crippen LogP contribution in [0.25, 0.3) is 0 Å². The molecule has 0 heterocycles. The lowest BCUT2D eigenvalue weighted by atomic mass is 10.0. The van der Waals surface area contributed by atoms with Gasteiger partial charge >= 0.3 is 11.9 Å². The van der Waals surface area contributed by atoms with Gasteiger partial charge in [-0.3, -0.25) is 28.8 Å². The molecule has 0 bridgehead atoms. The molecule has 34 heavy (non-hydrogen) atoms. The highest BCUT2D eigenvalue weighted by Gasteiger charge is 2.32. The van der Waals surface area contributed by atoms with E-state index in [1.165, 1.54) is 0 Å². The molecule has 5 amide bonds. The van der Waals surface area contributed by atoms with E-state index >= 15 is 0 Å². The molecule has 0 saturated carbocycles. The number of primary amides is 2. The molecule has 0 saturated heterocycles. The van der Waals surface area contributed by atoms with Crippen molar-refractivity contribution in [2.24, 2.45) is 23.1 Å². The zero-order chi connectivity index (χ0) is 26.6. The number of rotatable bonds is 16. The van der Waals surface area contributed by atoms with E-state index in [-0.39, 0.29) is 25.2 Å². The third-order valence-corrected chi connectivity index (χ3v) is 4.41. The molecular formula is C19H32N6O9. The van der Waals surface area contributed by atoms with E-state index in [0.29, 0.717) is 0 Å². The van der Waals surface area contributed by atoms with Crippen molar-refractivity contribution in [1.82, 2.24) is 16.0 Å². The summed E-state index contributed by atoms with van der Waals surface area (Å²) in [5.41, 5.74) is 15.7. The number of hydrogen-bond donors (Lipinski definition) is 8. The first-order valence-corrected chi connectivity index (χ1v) is 10.3. The molecule has 192 valence electrons. The van der Waals surface area contributed by atoms with Crippen LogP contribution in [-0.2, 0) is 33.6 Å². The monoisotopic (exact) mass is 488 g/mol. The van der Waals surface area contributed by atoms with Gasteiger partial charge in [0.05, 0.1) is 18.9 Å². The molecule has 0 aliphatic heterocycles. The van der Waals surface area contributed by atoms with Crippen LogP contribution < -0.4 is 33.2 Å². The summed E-state index contributed by atoms with van der Waals surface area (Å²) in [6.07, 6.45) is -1.96. The Labute approximate surface area is 195 Å². The molecule has 0 radical (unpaired) electrons. The summed E-state index contributed by atoms with van der Waals surface area (Å²) >= 11 is 0. The molecule has 0 aromatic heterocycles. The lowest BCUT2D eigenvalue weighted by Crippen LogP contribution is -2.58. The number of nitrogens with two attached hydrogens (primary N) is 3. The van der Waals surface area contributed by atoms with Crippen molar-refractivity contribution in [3.05, 3.63) is 0 Å². The summed E-state index contributed by atoms with van der Waals surface area (Å²) in [7, 11) is 0. The van der Waals surface area contributed by atoms with Gasteiger partial charge in [-0.1, -0.05) is 13.8 Å². The zero-order valence-electron chi connectivity index (χ0n) is 18.9.